The van der Waals surface area contributed by atoms with Gasteiger partial charge in [-0.05, 0) is 49.3 Å². The van der Waals surface area contributed by atoms with Crippen molar-refractivity contribution in [1.29, 1.82) is 0 Å². The van der Waals surface area contributed by atoms with E-state index < -0.39 is 6.10 Å². The highest BCUT2D eigenvalue weighted by molar-refractivity contribution is 5.92. The van der Waals surface area contributed by atoms with E-state index in [9.17, 15) is 9.59 Å². The van der Waals surface area contributed by atoms with Crippen LogP contribution in [0.1, 0.15) is 46.3 Å². The minimum atomic E-state index is -0.597. The molecule has 0 radical (unpaired) electrons. The monoisotopic (exact) mass is 488 g/mol. The highest BCUT2D eigenvalue weighted by Crippen LogP contribution is 2.29. The number of hydrogen-bond donors (Lipinski definition) is 0. The molecule has 2 heterocycles. The Labute approximate surface area is 213 Å². The van der Waals surface area contributed by atoms with Gasteiger partial charge in [0.05, 0.1) is 5.69 Å². The number of nitrogens with zero attached hydrogens (tertiary/aromatic N) is 4. The molecule has 7 nitrogen and oxygen atoms in total. The van der Waals surface area contributed by atoms with Crippen LogP contribution in [0.4, 0.5) is 0 Å². The molecular formula is C29H36N4O3. The van der Waals surface area contributed by atoms with Crippen LogP contribution in [-0.2, 0) is 23.0 Å². The van der Waals surface area contributed by atoms with Crippen LogP contribution in [0.3, 0.4) is 0 Å². The van der Waals surface area contributed by atoms with E-state index in [4.69, 9.17) is 4.74 Å². The highest BCUT2D eigenvalue weighted by atomic mass is 16.5. The molecule has 3 aromatic rings. The number of likely N-dealkylation sites (N-methyl/N-ethyl adjacent to an activating group) is 1. The van der Waals surface area contributed by atoms with Gasteiger partial charge in [-0.15, -0.1) is 0 Å². The third kappa shape index (κ3) is 5.68. The predicted octanol–water partition coefficient (Wildman–Crippen LogP) is 4.04. The molecule has 0 N–H and O–H groups in total. The van der Waals surface area contributed by atoms with Crippen LogP contribution in [0, 0.1) is 12.8 Å². The van der Waals surface area contributed by atoms with Gasteiger partial charge >= 0.3 is 0 Å². The molecule has 2 amide bonds. The number of piperidine rings is 1. The average Bonchev–Trinajstić information content (AvgIpc) is 3.25. The molecule has 1 saturated heterocycles. The van der Waals surface area contributed by atoms with Crippen molar-refractivity contribution in [3.63, 3.8) is 0 Å². The molecule has 0 aliphatic carbocycles. The lowest BCUT2D eigenvalue weighted by molar-refractivity contribution is -0.144. The van der Waals surface area contributed by atoms with Crippen molar-refractivity contribution in [2.75, 3.05) is 27.2 Å². The normalized spacial score (nSPS) is 15.9. The summed E-state index contributed by atoms with van der Waals surface area (Å²) in [5.74, 6) is 0.243. The molecule has 190 valence electrons. The maximum absolute atomic E-state index is 13.5. The van der Waals surface area contributed by atoms with E-state index in [-0.39, 0.29) is 23.8 Å². The second kappa shape index (κ2) is 11.5. The fourth-order valence-corrected chi connectivity index (χ4v) is 5.30. The maximum atomic E-state index is 13.5. The standard InChI is InChI=1S/C29H36N4O3/c1-21-19-26(32(3)30-21)28(34)31(2)25(20-22-11-7-5-8-12-22)23-15-17-33(18-16-23)29(35)27(36-4)24-13-9-6-10-14-24/h5-14,19,23,25,27H,15-18,20H2,1-4H3. The first-order valence-electron chi connectivity index (χ1n) is 12.6. The van der Waals surface area contributed by atoms with Crippen LogP contribution in [0.5, 0.6) is 0 Å². The molecule has 0 spiro atoms. The number of likely N-dealkylation sites (tertiary alicyclic amines) is 1. The van der Waals surface area contributed by atoms with Crippen molar-refractivity contribution in [2.24, 2.45) is 13.0 Å². The van der Waals surface area contributed by atoms with E-state index >= 15 is 0 Å². The first-order chi connectivity index (χ1) is 17.4. The van der Waals surface area contributed by atoms with E-state index in [1.165, 1.54) is 5.56 Å². The lowest BCUT2D eigenvalue weighted by Crippen LogP contribution is -2.49. The van der Waals surface area contributed by atoms with E-state index in [0.29, 0.717) is 18.8 Å². The second-order valence-corrected chi connectivity index (χ2v) is 9.66. The number of aryl methyl sites for hydroxylation is 2. The van der Waals surface area contributed by atoms with Gasteiger partial charge in [0.2, 0.25) is 0 Å². The van der Waals surface area contributed by atoms with Crippen LogP contribution in [0.2, 0.25) is 0 Å². The van der Waals surface area contributed by atoms with Crippen molar-refractivity contribution in [1.82, 2.24) is 19.6 Å². The van der Waals surface area contributed by atoms with Gasteiger partial charge in [-0.3, -0.25) is 14.3 Å². The fraction of sp³-hybridized carbons (Fsp3) is 0.414. The molecule has 0 bridgehead atoms. The lowest BCUT2D eigenvalue weighted by atomic mass is 9.84. The predicted molar refractivity (Wildman–Crippen MR) is 139 cm³/mol. The highest BCUT2D eigenvalue weighted by Gasteiger charge is 2.35. The molecule has 0 saturated carbocycles. The molecule has 1 aliphatic rings. The molecule has 1 aliphatic heterocycles. The van der Waals surface area contributed by atoms with Crippen LogP contribution in [0.25, 0.3) is 0 Å². The Hall–Kier alpha value is -3.45. The minimum absolute atomic E-state index is 0.00319. The minimum Gasteiger partial charge on any atom is -0.367 e. The molecule has 2 unspecified atom stereocenters. The Bertz CT molecular complexity index is 1150. The molecule has 1 fully saturated rings. The molecule has 1 aromatic heterocycles. The number of amides is 2. The van der Waals surface area contributed by atoms with Crippen molar-refractivity contribution in [2.45, 2.75) is 38.3 Å². The zero-order chi connectivity index (χ0) is 25.7. The summed E-state index contributed by atoms with van der Waals surface area (Å²) < 4.78 is 7.24. The molecule has 4 rings (SSSR count). The Morgan fingerprint density at radius 1 is 1.06 bits per heavy atom. The third-order valence-electron chi connectivity index (χ3n) is 7.28. The summed E-state index contributed by atoms with van der Waals surface area (Å²) in [5.41, 5.74) is 3.48. The molecule has 7 heteroatoms. The van der Waals surface area contributed by atoms with Crippen molar-refractivity contribution >= 4 is 11.8 Å². The number of aromatic nitrogens is 2. The average molecular weight is 489 g/mol. The number of benzene rings is 2. The first kappa shape index (κ1) is 25.6. The van der Waals surface area contributed by atoms with Crippen LogP contribution >= 0.6 is 0 Å². The second-order valence-electron chi connectivity index (χ2n) is 9.66. The van der Waals surface area contributed by atoms with Crippen molar-refractivity contribution in [3.8, 4) is 0 Å². The van der Waals surface area contributed by atoms with Gasteiger partial charge < -0.3 is 14.5 Å². The quantitative estimate of drug-likeness (QED) is 0.480. The Balaban J connectivity index is 1.49. The number of rotatable bonds is 8. The zero-order valence-corrected chi connectivity index (χ0v) is 21.6. The van der Waals surface area contributed by atoms with Gasteiger partial charge in [0.1, 0.15) is 5.69 Å². The van der Waals surface area contributed by atoms with Gasteiger partial charge in [0, 0.05) is 40.3 Å². The largest absolute Gasteiger partial charge is 0.367 e. The van der Waals surface area contributed by atoms with E-state index in [1.54, 1.807) is 11.8 Å². The number of carbonyl (C=O) groups excluding carboxylic acids is 2. The van der Waals surface area contributed by atoms with Gasteiger partial charge in [-0.25, -0.2) is 0 Å². The summed E-state index contributed by atoms with van der Waals surface area (Å²) >= 11 is 0. The van der Waals surface area contributed by atoms with E-state index in [1.807, 2.05) is 85.4 Å². The third-order valence-corrected chi connectivity index (χ3v) is 7.28. The summed E-state index contributed by atoms with van der Waals surface area (Å²) in [5, 5.41) is 4.36. The molecular weight excluding hydrogens is 452 g/mol. The van der Waals surface area contributed by atoms with Gasteiger partial charge in [0.25, 0.3) is 11.8 Å². The Kier molecular flexibility index (Phi) is 8.21. The summed E-state index contributed by atoms with van der Waals surface area (Å²) in [6, 6.07) is 21.8. The first-order valence-corrected chi connectivity index (χ1v) is 12.6. The van der Waals surface area contributed by atoms with Gasteiger partial charge in [0.15, 0.2) is 6.10 Å². The van der Waals surface area contributed by atoms with Crippen LogP contribution in [-0.4, -0.2) is 64.7 Å². The number of hydrogen-bond acceptors (Lipinski definition) is 4. The van der Waals surface area contributed by atoms with Crippen molar-refractivity contribution in [3.05, 3.63) is 89.2 Å². The molecule has 2 atom stereocenters. The van der Waals surface area contributed by atoms with E-state index in [0.717, 1.165) is 30.5 Å². The molecule has 2 aromatic carbocycles. The van der Waals surface area contributed by atoms with Crippen LogP contribution in [0.15, 0.2) is 66.7 Å². The summed E-state index contributed by atoms with van der Waals surface area (Å²) in [4.78, 5) is 30.6. The van der Waals surface area contributed by atoms with Crippen LogP contribution < -0.4 is 0 Å². The van der Waals surface area contributed by atoms with Gasteiger partial charge in [-0.2, -0.15) is 5.10 Å². The van der Waals surface area contributed by atoms with E-state index in [2.05, 4.69) is 17.2 Å². The lowest BCUT2D eigenvalue weighted by Gasteiger charge is -2.40. The smallest absolute Gasteiger partial charge is 0.272 e. The summed E-state index contributed by atoms with van der Waals surface area (Å²) in [6.45, 7) is 3.19. The molecule has 36 heavy (non-hydrogen) atoms. The van der Waals surface area contributed by atoms with Crippen molar-refractivity contribution < 1.29 is 14.3 Å². The van der Waals surface area contributed by atoms with Gasteiger partial charge in [-0.1, -0.05) is 60.7 Å². The summed E-state index contributed by atoms with van der Waals surface area (Å²) in [6.07, 6.45) is 1.83. The Morgan fingerprint density at radius 3 is 2.22 bits per heavy atom. The zero-order valence-electron chi connectivity index (χ0n) is 21.6. The Morgan fingerprint density at radius 2 is 1.67 bits per heavy atom. The summed E-state index contributed by atoms with van der Waals surface area (Å²) in [7, 11) is 5.29. The fourth-order valence-electron chi connectivity index (χ4n) is 5.30. The SMILES string of the molecule is COC(C(=O)N1CCC(C(Cc2ccccc2)N(C)C(=O)c2cc(C)nn2C)CC1)c1ccccc1. The topological polar surface area (TPSA) is 67.7 Å². The number of ether oxygens (including phenoxy) is 1. The number of carbonyl (C=O) groups is 2. The maximum Gasteiger partial charge on any atom is 0.272 e. The number of methoxy groups -OCH3 is 1.